The van der Waals surface area contributed by atoms with E-state index in [0.717, 1.165) is 0 Å². The lowest BCUT2D eigenvalue weighted by molar-refractivity contribution is -0.0328. The minimum atomic E-state index is -3.20. The van der Waals surface area contributed by atoms with Crippen molar-refractivity contribution in [3.63, 3.8) is 0 Å². The van der Waals surface area contributed by atoms with E-state index in [1.54, 1.807) is 0 Å². The van der Waals surface area contributed by atoms with Crippen molar-refractivity contribution in [1.82, 2.24) is 0 Å². The van der Waals surface area contributed by atoms with Crippen molar-refractivity contribution in [2.45, 2.75) is 0 Å². The number of rotatable bonds is 6. The van der Waals surface area contributed by atoms with Crippen molar-refractivity contribution in [2.24, 2.45) is 5.41 Å². The molecule has 0 aromatic carbocycles. The first kappa shape index (κ1) is 27.2. The highest BCUT2D eigenvalue weighted by atomic mass is 35.5. The van der Waals surface area contributed by atoms with Crippen molar-refractivity contribution < 1.29 is 43.7 Å². The molecule has 2 atom stereocenters. The van der Waals surface area contributed by atoms with Gasteiger partial charge in [-0.15, -0.1) is 24.8 Å². The van der Waals surface area contributed by atoms with Crippen LogP contribution in [0.3, 0.4) is 0 Å². The highest BCUT2D eigenvalue weighted by Crippen LogP contribution is 2.30. The summed E-state index contributed by atoms with van der Waals surface area (Å²) in [4.78, 5) is 15.4. The van der Waals surface area contributed by atoms with Gasteiger partial charge in [0.05, 0.1) is 31.8 Å². The maximum Gasteiger partial charge on any atom is 0.323 e. The Labute approximate surface area is 117 Å². The van der Waals surface area contributed by atoms with E-state index >= 15 is 0 Å². The molecule has 0 radical (unpaired) electrons. The summed E-state index contributed by atoms with van der Waals surface area (Å²) in [6.45, 7) is -1.62. The minimum absolute atomic E-state index is 0. The zero-order valence-electron chi connectivity index (χ0n) is 9.05. The van der Waals surface area contributed by atoms with Gasteiger partial charge >= 0.3 is 16.5 Å². The summed E-state index contributed by atoms with van der Waals surface area (Å²) in [7, 11) is -6.40. The first-order valence-electron chi connectivity index (χ1n) is 3.94. The standard InChI is InChI=1S/C5H12O4.2ClH.H4O5P2/c6-1-5(2-7,3-8)4-9;;;1-6(2)5-7(3)4/h6-9H,1-4H2;2*1H;6-7H,(H,1,2)(H,3,4). The van der Waals surface area contributed by atoms with E-state index in [1.165, 1.54) is 0 Å². The van der Waals surface area contributed by atoms with Gasteiger partial charge in [-0.25, -0.2) is 4.31 Å². The van der Waals surface area contributed by atoms with Crippen LogP contribution in [0.1, 0.15) is 0 Å². The van der Waals surface area contributed by atoms with E-state index in [9.17, 15) is 9.13 Å². The fourth-order valence-corrected chi connectivity index (χ4v) is 0.972. The van der Waals surface area contributed by atoms with Crippen molar-refractivity contribution >= 4 is 41.3 Å². The van der Waals surface area contributed by atoms with Gasteiger partial charge in [-0.1, -0.05) is 0 Å². The van der Waals surface area contributed by atoms with E-state index in [1.807, 2.05) is 0 Å². The number of aliphatic hydroxyl groups excluding tert-OH is 4. The second-order valence-electron chi connectivity index (χ2n) is 2.77. The predicted octanol–water partition coefficient (Wildman–Crippen LogP) is -1.45. The zero-order chi connectivity index (χ0) is 13.2. The summed E-state index contributed by atoms with van der Waals surface area (Å²) < 4.78 is 22.3. The lowest BCUT2D eigenvalue weighted by Crippen LogP contribution is -2.37. The average Bonchev–Trinajstić information content (AvgIpc) is 2.21. The topological polar surface area (TPSA) is 165 Å². The van der Waals surface area contributed by atoms with Gasteiger partial charge in [-0.05, 0) is 0 Å². The molecular formula is C5H18Cl2O9P2. The molecule has 116 valence electrons. The van der Waals surface area contributed by atoms with Crippen molar-refractivity contribution in [3.05, 3.63) is 0 Å². The van der Waals surface area contributed by atoms with Crippen LogP contribution in [0.4, 0.5) is 0 Å². The third kappa shape index (κ3) is 14.8. The average molecular weight is 355 g/mol. The second-order valence-corrected chi connectivity index (χ2v) is 4.65. The van der Waals surface area contributed by atoms with Crippen LogP contribution in [0.5, 0.6) is 0 Å². The number of aliphatic hydroxyl groups is 4. The van der Waals surface area contributed by atoms with Crippen LogP contribution >= 0.6 is 41.3 Å². The number of hydrogen-bond donors (Lipinski definition) is 6. The maximum absolute atomic E-state index is 9.44. The Morgan fingerprint density at radius 1 is 0.778 bits per heavy atom. The summed E-state index contributed by atoms with van der Waals surface area (Å²) in [5.41, 5.74) is -1.11. The van der Waals surface area contributed by atoms with Gasteiger partial charge in [0, 0.05) is 0 Å². The van der Waals surface area contributed by atoms with Crippen LogP contribution < -0.4 is 0 Å². The Bertz CT molecular complexity index is 195. The molecule has 0 heterocycles. The Balaban J connectivity index is -0.000000100. The van der Waals surface area contributed by atoms with Crippen LogP contribution in [0.15, 0.2) is 0 Å². The smallest absolute Gasteiger partial charge is 0.323 e. The fourth-order valence-electron chi connectivity index (χ4n) is 0.375. The molecule has 0 spiro atoms. The van der Waals surface area contributed by atoms with Gasteiger partial charge in [-0.2, -0.15) is 0 Å². The quantitative estimate of drug-likeness (QED) is 0.313. The summed E-state index contributed by atoms with van der Waals surface area (Å²) in [5.74, 6) is 0. The first-order chi connectivity index (χ1) is 7.37. The van der Waals surface area contributed by atoms with Gasteiger partial charge in [0.1, 0.15) is 0 Å². The van der Waals surface area contributed by atoms with E-state index < -0.39 is 48.4 Å². The van der Waals surface area contributed by atoms with Crippen LogP contribution in [0.2, 0.25) is 0 Å². The molecule has 0 bridgehead atoms. The normalized spacial score (nSPS) is 13.2. The van der Waals surface area contributed by atoms with Crippen LogP contribution in [-0.2, 0) is 13.4 Å². The molecule has 0 aliphatic rings. The van der Waals surface area contributed by atoms with Gasteiger partial charge in [0.25, 0.3) is 0 Å². The SMILES string of the molecule is Cl.Cl.O=[PH](O)O[PH](=O)O.OCC(CO)(CO)CO. The molecule has 0 aliphatic carbocycles. The molecule has 0 aromatic heterocycles. The number of halogens is 2. The molecule has 6 N–H and O–H groups in total. The van der Waals surface area contributed by atoms with Crippen molar-refractivity contribution in [3.8, 4) is 0 Å². The Kier molecular flexibility index (Phi) is 23.9. The molecule has 2 unspecified atom stereocenters. The molecule has 9 nitrogen and oxygen atoms in total. The first-order valence-corrected chi connectivity index (χ1v) is 6.47. The minimum Gasteiger partial charge on any atom is -0.396 e. The monoisotopic (exact) mass is 354 g/mol. The van der Waals surface area contributed by atoms with E-state index in [2.05, 4.69) is 4.31 Å². The fraction of sp³-hybridized carbons (Fsp3) is 1.00. The molecule has 0 aliphatic heterocycles. The second kappa shape index (κ2) is 15.8. The Morgan fingerprint density at radius 2 is 1.00 bits per heavy atom. The largest absolute Gasteiger partial charge is 0.396 e. The van der Waals surface area contributed by atoms with Gasteiger partial charge in [0.15, 0.2) is 0 Å². The predicted molar refractivity (Wildman–Crippen MR) is 68.8 cm³/mol. The lowest BCUT2D eigenvalue weighted by atomic mass is 9.93. The third-order valence-corrected chi connectivity index (χ3v) is 2.91. The van der Waals surface area contributed by atoms with Gasteiger partial charge in [0.2, 0.25) is 0 Å². The van der Waals surface area contributed by atoms with Crippen LogP contribution in [-0.4, -0.2) is 56.6 Å². The highest BCUT2D eigenvalue weighted by molar-refractivity contribution is 7.46. The molecular weight excluding hydrogens is 337 g/mol. The third-order valence-electron chi connectivity index (χ3n) is 1.52. The highest BCUT2D eigenvalue weighted by Gasteiger charge is 2.26. The van der Waals surface area contributed by atoms with Crippen LogP contribution in [0, 0.1) is 5.41 Å². The van der Waals surface area contributed by atoms with Crippen molar-refractivity contribution in [1.29, 1.82) is 0 Å². The van der Waals surface area contributed by atoms with E-state index in [4.69, 9.17) is 30.2 Å². The molecule has 0 saturated carbocycles. The molecule has 18 heavy (non-hydrogen) atoms. The van der Waals surface area contributed by atoms with E-state index in [0.29, 0.717) is 0 Å². The molecule has 0 rings (SSSR count). The molecule has 13 heteroatoms. The van der Waals surface area contributed by atoms with Gasteiger partial charge in [-0.3, -0.25) is 9.13 Å². The zero-order valence-corrected chi connectivity index (χ0v) is 12.7. The summed E-state index contributed by atoms with van der Waals surface area (Å²) in [5, 5.41) is 34.0. The molecule has 0 aromatic rings. The summed E-state index contributed by atoms with van der Waals surface area (Å²) in [6.07, 6.45) is 0. The van der Waals surface area contributed by atoms with Gasteiger partial charge < -0.3 is 30.2 Å². The Hall–Kier alpha value is 0.760. The summed E-state index contributed by atoms with van der Waals surface area (Å²) >= 11 is 0. The Morgan fingerprint density at radius 3 is 1.00 bits per heavy atom. The lowest BCUT2D eigenvalue weighted by Gasteiger charge is -2.23. The molecule has 0 saturated heterocycles. The number of hydrogen-bond acceptors (Lipinski definition) is 7. The van der Waals surface area contributed by atoms with Crippen LogP contribution in [0.25, 0.3) is 0 Å². The molecule has 0 amide bonds. The van der Waals surface area contributed by atoms with Crippen molar-refractivity contribution in [2.75, 3.05) is 26.4 Å². The maximum atomic E-state index is 9.44. The molecule has 0 fully saturated rings. The summed E-state index contributed by atoms with van der Waals surface area (Å²) in [6, 6.07) is 0. The van der Waals surface area contributed by atoms with E-state index in [-0.39, 0.29) is 24.8 Å².